The molecule has 0 atom stereocenters. The second-order valence-electron chi connectivity index (χ2n) is 3.84. The van der Waals surface area contributed by atoms with Gasteiger partial charge in [0.15, 0.2) is 0 Å². The molecule has 0 saturated carbocycles. The minimum absolute atomic E-state index is 0.0672. The zero-order chi connectivity index (χ0) is 14.0. The summed E-state index contributed by atoms with van der Waals surface area (Å²) in [6, 6.07) is 4.72. The largest absolute Gasteiger partial charge is 0.453 e. The first-order valence-electron chi connectivity index (χ1n) is 5.52. The highest BCUT2D eigenvalue weighted by atomic mass is 35.5. The van der Waals surface area contributed by atoms with E-state index in [1.807, 2.05) is 0 Å². The van der Waals surface area contributed by atoms with Gasteiger partial charge in [-0.1, -0.05) is 17.7 Å². The van der Waals surface area contributed by atoms with E-state index in [4.69, 9.17) is 11.6 Å². The number of rotatable bonds is 3. The van der Waals surface area contributed by atoms with Gasteiger partial charge in [-0.15, -0.1) is 0 Å². The summed E-state index contributed by atoms with van der Waals surface area (Å²) in [6.07, 6.45) is -0.616. The van der Waals surface area contributed by atoms with Gasteiger partial charge in [0.2, 0.25) is 0 Å². The summed E-state index contributed by atoms with van der Waals surface area (Å²) in [7, 11) is 1.23. The molecule has 0 bridgehead atoms. The molecule has 1 aliphatic rings. The van der Waals surface area contributed by atoms with Crippen LogP contribution in [-0.4, -0.2) is 43.0 Å². The van der Waals surface area contributed by atoms with Crippen molar-refractivity contribution in [2.75, 3.05) is 20.2 Å². The number of imide groups is 1. The molecule has 0 aliphatic carbocycles. The summed E-state index contributed by atoms with van der Waals surface area (Å²) in [5.74, 6) is -0.855. The molecule has 0 fully saturated rings. The standard InChI is InChI=1S/C12H11ClN2O4/c1-19-12(18)14-5-6-15-10(16)7-3-2-4-8(13)9(7)11(15)17/h2-4H,5-6H2,1H3,(H,14,18). The SMILES string of the molecule is COC(=O)NCCN1C(=O)c2cccc(Cl)c2C1=O. The van der Waals surface area contributed by atoms with E-state index in [0.29, 0.717) is 0 Å². The number of benzene rings is 1. The highest BCUT2D eigenvalue weighted by molar-refractivity contribution is 6.37. The van der Waals surface area contributed by atoms with Crippen molar-refractivity contribution in [2.24, 2.45) is 0 Å². The Balaban J connectivity index is 2.10. The molecular formula is C12H11ClN2O4. The predicted octanol–water partition coefficient (Wildman–Crippen LogP) is 1.29. The lowest BCUT2D eigenvalue weighted by Crippen LogP contribution is -2.38. The van der Waals surface area contributed by atoms with Crippen molar-refractivity contribution in [1.82, 2.24) is 10.2 Å². The van der Waals surface area contributed by atoms with Crippen molar-refractivity contribution >= 4 is 29.5 Å². The first-order valence-corrected chi connectivity index (χ1v) is 5.90. The van der Waals surface area contributed by atoms with E-state index in [-0.39, 0.29) is 29.2 Å². The van der Waals surface area contributed by atoms with Gasteiger partial charge in [-0.3, -0.25) is 14.5 Å². The molecule has 1 N–H and O–H groups in total. The monoisotopic (exact) mass is 282 g/mol. The molecule has 0 unspecified atom stereocenters. The lowest BCUT2D eigenvalue weighted by molar-refractivity contribution is 0.0654. The molecule has 2 rings (SSSR count). The van der Waals surface area contributed by atoms with Gasteiger partial charge in [0.05, 0.1) is 23.3 Å². The fraction of sp³-hybridized carbons (Fsp3) is 0.250. The molecule has 1 aliphatic heterocycles. The smallest absolute Gasteiger partial charge is 0.406 e. The highest BCUT2D eigenvalue weighted by Crippen LogP contribution is 2.28. The Morgan fingerprint density at radius 3 is 2.74 bits per heavy atom. The van der Waals surface area contributed by atoms with Crippen LogP contribution in [0, 0.1) is 0 Å². The molecular weight excluding hydrogens is 272 g/mol. The highest BCUT2D eigenvalue weighted by Gasteiger charge is 2.36. The molecule has 0 radical (unpaired) electrons. The number of hydrogen-bond acceptors (Lipinski definition) is 4. The van der Waals surface area contributed by atoms with Crippen LogP contribution in [0.1, 0.15) is 20.7 Å². The molecule has 1 aromatic rings. The zero-order valence-corrected chi connectivity index (χ0v) is 10.9. The number of nitrogens with one attached hydrogen (secondary N) is 1. The van der Waals surface area contributed by atoms with Crippen LogP contribution < -0.4 is 5.32 Å². The normalized spacial score (nSPS) is 13.5. The molecule has 0 aromatic heterocycles. The van der Waals surface area contributed by atoms with Gasteiger partial charge in [-0.05, 0) is 12.1 Å². The van der Waals surface area contributed by atoms with Gasteiger partial charge in [0, 0.05) is 13.1 Å². The molecule has 1 heterocycles. The van der Waals surface area contributed by atoms with Crippen LogP contribution in [0.2, 0.25) is 5.02 Å². The minimum Gasteiger partial charge on any atom is -0.453 e. The Bertz CT molecular complexity index is 559. The number of nitrogens with zero attached hydrogens (tertiary/aromatic N) is 1. The van der Waals surface area contributed by atoms with E-state index in [0.717, 1.165) is 4.90 Å². The Labute approximate surface area is 114 Å². The number of methoxy groups -OCH3 is 1. The third-order valence-corrected chi connectivity index (χ3v) is 3.05. The molecule has 6 nitrogen and oxygen atoms in total. The van der Waals surface area contributed by atoms with Gasteiger partial charge in [0.25, 0.3) is 11.8 Å². The molecule has 19 heavy (non-hydrogen) atoms. The molecule has 0 saturated heterocycles. The molecule has 3 amide bonds. The summed E-state index contributed by atoms with van der Waals surface area (Å²) in [6.45, 7) is 0.188. The molecule has 1 aromatic carbocycles. The Morgan fingerprint density at radius 1 is 1.37 bits per heavy atom. The van der Waals surface area contributed by atoms with Gasteiger partial charge in [-0.25, -0.2) is 4.79 Å². The summed E-state index contributed by atoms with van der Waals surface area (Å²) >= 11 is 5.91. The number of amides is 3. The van der Waals surface area contributed by atoms with Crippen LogP contribution in [0.15, 0.2) is 18.2 Å². The summed E-state index contributed by atoms with van der Waals surface area (Å²) in [4.78, 5) is 36.0. The number of alkyl carbamates (subject to hydrolysis) is 1. The van der Waals surface area contributed by atoms with Crippen molar-refractivity contribution in [2.45, 2.75) is 0 Å². The van der Waals surface area contributed by atoms with E-state index in [2.05, 4.69) is 10.1 Å². The number of ether oxygens (including phenoxy) is 1. The van der Waals surface area contributed by atoms with E-state index in [9.17, 15) is 14.4 Å². The fourth-order valence-corrected chi connectivity index (χ4v) is 2.09. The number of fused-ring (bicyclic) bond motifs is 1. The quantitative estimate of drug-likeness (QED) is 0.848. The Morgan fingerprint density at radius 2 is 2.11 bits per heavy atom. The summed E-state index contributed by atoms with van der Waals surface area (Å²) < 4.78 is 4.39. The molecule has 100 valence electrons. The van der Waals surface area contributed by atoms with Crippen molar-refractivity contribution in [3.63, 3.8) is 0 Å². The van der Waals surface area contributed by atoms with Crippen molar-refractivity contribution in [3.8, 4) is 0 Å². The topological polar surface area (TPSA) is 75.7 Å². The number of carbonyl (C=O) groups excluding carboxylic acids is 3. The van der Waals surface area contributed by atoms with Crippen LogP contribution in [0.25, 0.3) is 0 Å². The first kappa shape index (κ1) is 13.4. The second-order valence-corrected chi connectivity index (χ2v) is 4.25. The second kappa shape index (κ2) is 5.27. The van der Waals surface area contributed by atoms with Crippen molar-refractivity contribution in [3.05, 3.63) is 34.3 Å². The van der Waals surface area contributed by atoms with Gasteiger partial charge in [-0.2, -0.15) is 0 Å². The van der Waals surface area contributed by atoms with Gasteiger partial charge < -0.3 is 10.1 Å². The lowest BCUT2D eigenvalue weighted by Gasteiger charge is -2.13. The minimum atomic E-state index is -0.616. The molecule has 0 spiro atoms. The maximum absolute atomic E-state index is 12.0. The third-order valence-electron chi connectivity index (χ3n) is 2.74. The zero-order valence-electron chi connectivity index (χ0n) is 10.1. The summed E-state index contributed by atoms with van der Waals surface area (Å²) in [5, 5.41) is 2.65. The average Bonchev–Trinajstić information content (AvgIpc) is 2.64. The molecule has 7 heteroatoms. The van der Waals surface area contributed by atoms with E-state index >= 15 is 0 Å². The maximum Gasteiger partial charge on any atom is 0.406 e. The lowest BCUT2D eigenvalue weighted by atomic mass is 10.1. The predicted molar refractivity (Wildman–Crippen MR) is 67.2 cm³/mol. The van der Waals surface area contributed by atoms with Gasteiger partial charge in [0.1, 0.15) is 0 Å². The van der Waals surface area contributed by atoms with E-state index in [1.54, 1.807) is 18.2 Å². The van der Waals surface area contributed by atoms with Gasteiger partial charge >= 0.3 is 6.09 Å². The average molecular weight is 283 g/mol. The van der Waals surface area contributed by atoms with E-state index < -0.39 is 17.9 Å². The Kier molecular flexibility index (Phi) is 3.71. The van der Waals surface area contributed by atoms with Crippen LogP contribution in [0.4, 0.5) is 4.79 Å². The Hall–Kier alpha value is -2.08. The van der Waals surface area contributed by atoms with Crippen molar-refractivity contribution < 1.29 is 19.1 Å². The first-order chi connectivity index (χ1) is 9.06. The van der Waals surface area contributed by atoms with E-state index in [1.165, 1.54) is 7.11 Å². The number of carbonyl (C=O) groups is 3. The summed E-state index contributed by atoms with van der Waals surface area (Å²) in [5.41, 5.74) is 0.503. The maximum atomic E-state index is 12.0. The number of halogens is 1. The third kappa shape index (κ3) is 2.39. The van der Waals surface area contributed by atoms with Crippen LogP contribution in [0.3, 0.4) is 0 Å². The van der Waals surface area contributed by atoms with Crippen LogP contribution in [-0.2, 0) is 4.74 Å². The van der Waals surface area contributed by atoms with Crippen molar-refractivity contribution in [1.29, 1.82) is 0 Å². The number of hydrogen-bond donors (Lipinski definition) is 1. The fourth-order valence-electron chi connectivity index (χ4n) is 1.84. The van der Waals surface area contributed by atoms with Crippen LogP contribution in [0.5, 0.6) is 0 Å². The van der Waals surface area contributed by atoms with Crippen LogP contribution >= 0.6 is 11.6 Å².